The maximum absolute atomic E-state index is 8.84. The van der Waals surface area contributed by atoms with Crippen molar-refractivity contribution in [3.63, 3.8) is 0 Å². The second-order valence-electron chi connectivity index (χ2n) is 4.27. The van der Waals surface area contributed by atoms with Gasteiger partial charge in [-0.05, 0) is 25.0 Å². The van der Waals surface area contributed by atoms with Gasteiger partial charge in [0.05, 0.1) is 18.7 Å². The Labute approximate surface area is 114 Å². The molecule has 3 rings (SSSR count). The molecule has 1 saturated carbocycles. The van der Waals surface area contributed by atoms with Gasteiger partial charge in [0.25, 0.3) is 5.19 Å². The molecular formula is C13H11N3O2S. The summed E-state index contributed by atoms with van der Waals surface area (Å²) in [7, 11) is 1.54. The quantitative estimate of drug-likeness (QED) is 0.856. The van der Waals surface area contributed by atoms with Crippen molar-refractivity contribution in [2.24, 2.45) is 0 Å². The van der Waals surface area contributed by atoms with Crippen molar-refractivity contribution in [3.8, 4) is 22.8 Å². The maximum atomic E-state index is 8.84. The Balaban J connectivity index is 1.83. The lowest BCUT2D eigenvalue weighted by Crippen LogP contribution is -1.91. The lowest BCUT2D eigenvalue weighted by Gasteiger charge is -2.07. The van der Waals surface area contributed by atoms with Gasteiger partial charge >= 0.3 is 0 Å². The van der Waals surface area contributed by atoms with E-state index in [0.29, 0.717) is 28.2 Å². The predicted octanol–water partition coefficient (Wildman–Crippen LogP) is 3.09. The van der Waals surface area contributed by atoms with Gasteiger partial charge in [-0.25, -0.2) is 0 Å². The van der Waals surface area contributed by atoms with E-state index in [1.54, 1.807) is 25.3 Å². The van der Waals surface area contributed by atoms with E-state index >= 15 is 0 Å². The molecule has 0 N–H and O–H groups in total. The van der Waals surface area contributed by atoms with Crippen LogP contribution < -0.4 is 9.47 Å². The Kier molecular flexibility index (Phi) is 3.05. The summed E-state index contributed by atoms with van der Waals surface area (Å²) in [5, 5.41) is 9.35. The van der Waals surface area contributed by atoms with E-state index in [1.807, 2.05) is 0 Å². The minimum Gasteiger partial charge on any atom is -0.493 e. The van der Waals surface area contributed by atoms with Crippen molar-refractivity contribution in [2.75, 3.05) is 7.11 Å². The van der Waals surface area contributed by atoms with Crippen LogP contribution in [0.1, 0.15) is 30.1 Å². The zero-order valence-corrected chi connectivity index (χ0v) is 11.1. The summed E-state index contributed by atoms with van der Waals surface area (Å²) in [5.74, 6) is 2.44. The molecule has 0 bridgehead atoms. The molecule has 0 spiro atoms. The first-order chi connectivity index (χ1) is 9.30. The highest BCUT2D eigenvalue weighted by molar-refractivity contribution is 7.07. The van der Waals surface area contributed by atoms with Crippen molar-refractivity contribution in [1.82, 2.24) is 9.36 Å². The van der Waals surface area contributed by atoms with Gasteiger partial charge in [-0.1, -0.05) is 0 Å². The Morgan fingerprint density at radius 2 is 2.21 bits per heavy atom. The molecule has 19 heavy (non-hydrogen) atoms. The molecule has 0 aliphatic heterocycles. The van der Waals surface area contributed by atoms with Crippen molar-refractivity contribution in [3.05, 3.63) is 29.6 Å². The SMILES string of the molecule is COc1cc(C#N)ccc1Oc1nc(C2CC2)ns1. The molecule has 96 valence electrons. The number of ether oxygens (including phenoxy) is 2. The van der Waals surface area contributed by atoms with Gasteiger partial charge in [-0.2, -0.15) is 14.6 Å². The second kappa shape index (κ2) is 4.86. The van der Waals surface area contributed by atoms with Gasteiger partial charge in [-0.3, -0.25) is 0 Å². The molecule has 0 saturated heterocycles. The average molecular weight is 273 g/mol. The molecule has 0 amide bonds. The van der Waals surface area contributed by atoms with Crippen LogP contribution in [0.3, 0.4) is 0 Å². The van der Waals surface area contributed by atoms with E-state index in [2.05, 4.69) is 15.4 Å². The summed E-state index contributed by atoms with van der Waals surface area (Å²) in [6.07, 6.45) is 2.33. The largest absolute Gasteiger partial charge is 0.493 e. The molecule has 0 atom stereocenters. The number of benzene rings is 1. The number of hydrogen-bond donors (Lipinski definition) is 0. The van der Waals surface area contributed by atoms with Gasteiger partial charge < -0.3 is 9.47 Å². The third-order valence-electron chi connectivity index (χ3n) is 2.86. The third-order valence-corrected chi connectivity index (χ3v) is 3.46. The summed E-state index contributed by atoms with van der Waals surface area (Å²) < 4.78 is 15.2. The minimum absolute atomic E-state index is 0.505. The number of methoxy groups -OCH3 is 1. The zero-order chi connectivity index (χ0) is 13.2. The van der Waals surface area contributed by atoms with E-state index in [9.17, 15) is 0 Å². The van der Waals surface area contributed by atoms with Gasteiger partial charge in [0.2, 0.25) is 0 Å². The Morgan fingerprint density at radius 3 is 2.89 bits per heavy atom. The number of aromatic nitrogens is 2. The number of rotatable bonds is 4. The van der Waals surface area contributed by atoms with Crippen molar-refractivity contribution < 1.29 is 9.47 Å². The lowest BCUT2D eigenvalue weighted by molar-refractivity contribution is 0.378. The van der Waals surface area contributed by atoms with Gasteiger partial charge in [0.1, 0.15) is 5.82 Å². The number of hydrogen-bond acceptors (Lipinski definition) is 6. The Morgan fingerprint density at radius 1 is 1.37 bits per heavy atom. The Hall–Kier alpha value is -2.13. The topological polar surface area (TPSA) is 68.0 Å². The van der Waals surface area contributed by atoms with Crippen LogP contribution in [0.15, 0.2) is 18.2 Å². The molecule has 1 aliphatic carbocycles. The fraction of sp³-hybridized carbons (Fsp3) is 0.308. The smallest absolute Gasteiger partial charge is 0.298 e. The highest BCUT2D eigenvalue weighted by atomic mass is 32.1. The van der Waals surface area contributed by atoms with Crippen LogP contribution in [0.4, 0.5) is 0 Å². The number of nitrogens with zero attached hydrogens (tertiary/aromatic N) is 3. The summed E-state index contributed by atoms with van der Waals surface area (Å²) in [6, 6.07) is 7.08. The fourth-order valence-corrected chi connectivity index (χ4v) is 2.31. The molecule has 1 aromatic carbocycles. The molecule has 5 nitrogen and oxygen atoms in total. The molecular weight excluding hydrogens is 262 g/mol. The molecule has 0 radical (unpaired) electrons. The van der Waals surface area contributed by atoms with E-state index in [1.165, 1.54) is 11.5 Å². The second-order valence-corrected chi connectivity index (χ2v) is 4.99. The maximum Gasteiger partial charge on any atom is 0.298 e. The summed E-state index contributed by atoms with van der Waals surface area (Å²) in [6.45, 7) is 0. The molecule has 6 heteroatoms. The molecule has 1 aliphatic rings. The van der Waals surface area contributed by atoms with E-state index < -0.39 is 0 Å². The standard InChI is InChI=1S/C13H11N3O2S/c1-17-11-6-8(7-14)2-5-10(11)18-13-15-12(16-19-13)9-3-4-9/h2,5-6,9H,3-4H2,1H3. The molecule has 2 aromatic rings. The van der Waals surface area contributed by atoms with Crippen LogP contribution in [0, 0.1) is 11.3 Å². The van der Waals surface area contributed by atoms with Crippen LogP contribution in [0.2, 0.25) is 0 Å². The summed E-state index contributed by atoms with van der Waals surface area (Å²) in [5.41, 5.74) is 0.528. The van der Waals surface area contributed by atoms with Crippen molar-refractivity contribution >= 4 is 11.5 Å². The first kappa shape index (κ1) is 11.9. The van der Waals surface area contributed by atoms with Crippen molar-refractivity contribution in [1.29, 1.82) is 5.26 Å². The zero-order valence-electron chi connectivity index (χ0n) is 10.3. The first-order valence-corrected chi connectivity index (χ1v) is 6.67. The van der Waals surface area contributed by atoms with Crippen LogP contribution in [0.5, 0.6) is 16.7 Å². The van der Waals surface area contributed by atoms with Crippen LogP contribution in [-0.2, 0) is 0 Å². The third kappa shape index (κ3) is 2.51. The number of nitriles is 1. The van der Waals surface area contributed by atoms with Gasteiger partial charge in [-0.15, -0.1) is 0 Å². The van der Waals surface area contributed by atoms with Gasteiger partial charge in [0.15, 0.2) is 11.5 Å². The Bertz CT molecular complexity index is 644. The lowest BCUT2D eigenvalue weighted by atomic mass is 10.2. The normalized spacial score (nSPS) is 13.9. The monoisotopic (exact) mass is 273 g/mol. The highest BCUT2D eigenvalue weighted by Crippen LogP contribution is 2.40. The van der Waals surface area contributed by atoms with E-state index in [-0.39, 0.29) is 0 Å². The van der Waals surface area contributed by atoms with Gasteiger partial charge in [0, 0.05) is 23.5 Å². The molecule has 1 fully saturated rings. The molecule has 1 heterocycles. The van der Waals surface area contributed by atoms with E-state index in [4.69, 9.17) is 14.7 Å². The van der Waals surface area contributed by atoms with Crippen molar-refractivity contribution in [2.45, 2.75) is 18.8 Å². The van der Waals surface area contributed by atoms with E-state index in [0.717, 1.165) is 18.7 Å². The fourth-order valence-electron chi connectivity index (χ4n) is 1.68. The average Bonchev–Trinajstić information content (AvgIpc) is 3.20. The molecule has 1 aromatic heterocycles. The highest BCUT2D eigenvalue weighted by Gasteiger charge is 2.28. The van der Waals surface area contributed by atoms with Crippen LogP contribution in [-0.4, -0.2) is 16.5 Å². The molecule has 0 unspecified atom stereocenters. The summed E-state index contributed by atoms with van der Waals surface area (Å²) in [4.78, 5) is 4.35. The van der Waals surface area contributed by atoms with Crippen LogP contribution >= 0.6 is 11.5 Å². The first-order valence-electron chi connectivity index (χ1n) is 5.89. The summed E-state index contributed by atoms with van der Waals surface area (Å²) >= 11 is 1.24. The van der Waals surface area contributed by atoms with Crippen LogP contribution in [0.25, 0.3) is 0 Å². The predicted molar refractivity (Wildman–Crippen MR) is 69.7 cm³/mol. The minimum atomic E-state index is 0.505.